The van der Waals surface area contributed by atoms with E-state index in [9.17, 15) is 4.39 Å². The van der Waals surface area contributed by atoms with E-state index in [2.05, 4.69) is 42.6 Å². The molecule has 1 aliphatic rings. The number of halogens is 1. The van der Waals surface area contributed by atoms with Gasteiger partial charge in [0.25, 0.3) is 0 Å². The number of hydrogen-bond donors (Lipinski definition) is 3. The molecule has 0 aromatic carbocycles. The average Bonchev–Trinajstić information content (AvgIpc) is 3.51. The Labute approximate surface area is 174 Å². The zero-order valence-electron chi connectivity index (χ0n) is 15.9. The fraction of sp³-hybridized carbons (Fsp3) is 0.136. The van der Waals surface area contributed by atoms with Crippen molar-refractivity contribution >= 4 is 38.8 Å². The van der Waals surface area contributed by atoms with Crippen molar-refractivity contribution in [1.29, 1.82) is 0 Å². The summed E-state index contributed by atoms with van der Waals surface area (Å²) in [4.78, 5) is 13.3. The lowest BCUT2D eigenvalue weighted by Gasteiger charge is -2.13. The van der Waals surface area contributed by atoms with Gasteiger partial charge in [0.1, 0.15) is 5.69 Å². The Morgan fingerprint density at radius 3 is 2.83 bits per heavy atom. The standard InChI is InChI=1S/C22H17FN6S/c23-19-2-1-18(30-19)21-14-10-17(27-16(14)5-8-25-21)20-15-9-13(11-26-22(15)29-28-20)12-3-6-24-7-4-12/h1-3,5,8-11,24,27H,4,6-7H2,(H,26,28,29). The SMILES string of the molecule is Fc1ccc(-c2nccc3[nH]c(-c4n[nH]c5ncc(C6=CCNCC6)cc45)cc23)s1. The van der Waals surface area contributed by atoms with E-state index in [0.717, 1.165) is 80.3 Å². The number of aromatic nitrogens is 5. The first-order valence-electron chi connectivity index (χ1n) is 9.74. The van der Waals surface area contributed by atoms with Crippen LogP contribution in [-0.2, 0) is 0 Å². The zero-order valence-corrected chi connectivity index (χ0v) is 16.7. The molecule has 6 heterocycles. The molecule has 148 valence electrons. The fourth-order valence-electron chi connectivity index (χ4n) is 3.99. The van der Waals surface area contributed by atoms with Crippen LogP contribution in [0.2, 0.25) is 0 Å². The van der Waals surface area contributed by atoms with Crippen LogP contribution in [0.5, 0.6) is 0 Å². The van der Waals surface area contributed by atoms with E-state index in [0.29, 0.717) is 0 Å². The lowest BCUT2D eigenvalue weighted by molar-refractivity contribution is 0.657. The molecule has 0 amide bonds. The highest BCUT2D eigenvalue weighted by Gasteiger charge is 2.17. The lowest BCUT2D eigenvalue weighted by Crippen LogP contribution is -2.20. The molecule has 30 heavy (non-hydrogen) atoms. The first kappa shape index (κ1) is 17.5. The van der Waals surface area contributed by atoms with Gasteiger partial charge in [0.2, 0.25) is 0 Å². The number of aromatic amines is 2. The molecule has 0 bridgehead atoms. The summed E-state index contributed by atoms with van der Waals surface area (Å²) in [6.45, 7) is 1.86. The number of H-pyrrole nitrogens is 2. The first-order chi connectivity index (χ1) is 14.8. The summed E-state index contributed by atoms with van der Waals surface area (Å²) in [5, 5.41) is 12.6. The molecule has 0 unspecified atom stereocenters. The minimum Gasteiger partial charge on any atom is -0.353 e. The Morgan fingerprint density at radius 1 is 1.03 bits per heavy atom. The Balaban J connectivity index is 1.49. The number of nitrogens with one attached hydrogen (secondary N) is 3. The summed E-state index contributed by atoms with van der Waals surface area (Å²) in [6, 6.07) is 9.34. The summed E-state index contributed by atoms with van der Waals surface area (Å²) in [7, 11) is 0. The molecule has 0 radical (unpaired) electrons. The van der Waals surface area contributed by atoms with E-state index >= 15 is 0 Å². The second kappa shape index (κ2) is 6.86. The van der Waals surface area contributed by atoms with Crippen LogP contribution in [0.3, 0.4) is 0 Å². The second-order valence-corrected chi connectivity index (χ2v) is 8.32. The molecule has 5 aromatic rings. The Bertz CT molecular complexity index is 1430. The molecular formula is C22H17FN6S. The highest BCUT2D eigenvalue weighted by Crippen LogP contribution is 2.35. The minimum absolute atomic E-state index is 0.219. The summed E-state index contributed by atoms with van der Waals surface area (Å²) < 4.78 is 13.6. The number of nitrogens with zero attached hydrogens (tertiary/aromatic N) is 3. The van der Waals surface area contributed by atoms with Gasteiger partial charge in [0, 0.05) is 35.2 Å². The number of fused-ring (bicyclic) bond motifs is 2. The van der Waals surface area contributed by atoms with Crippen LogP contribution >= 0.6 is 11.3 Å². The smallest absolute Gasteiger partial charge is 0.177 e. The third-order valence-electron chi connectivity index (χ3n) is 5.46. The molecule has 0 atom stereocenters. The summed E-state index contributed by atoms with van der Waals surface area (Å²) in [5.41, 5.74) is 6.57. The fourth-order valence-corrected chi connectivity index (χ4v) is 4.73. The van der Waals surface area contributed by atoms with Crippen LogP contribution < -0.4 is 5.32 Å². The van der Waals surface area contributed by atoms with Crippen molar-refractivity contribution in [2.75, 3.05) is 13.1 Å². The van der Waals surface area contributed by atoms with Gasteiger partial charge in [0.15, 0.2) is 10.8 Å². The molecule has 0 spiro atoms. The van der Waals surface area contributed by atoms with Crippen LogP contribution in [0, 0.1) is 5.13 Å². The van der Waals surface area contributed by atoms with Gasteiger partial charge in [-0.05, 0) is 54.4 Å². The molecule has 0 saturated carbocycles. The van der Waals surface area contributed by atoms with Crippen molar-refractivity contribution in [3.8, 4) is 22.0 Å². The molecular weight excluding hydrogens is 399 g/mol. The van der Waals surface area contributed by atoms with Crippen LogP contribution in [0.15, 0.2) is 48.8 Å². The van der Waals surface area contributed by atoms with E-state index in [1.54, 1.807) is 12.3 Å². The van der Waals surface area contributed by atoms with E-state index in [1.165, 1.54) is 11.6 Å². The molecule has 0 fully saturated rings. The monoisotopic (exact) mass is 416 g/mol. The molecule has 3 N–H and O–H groups in total. The first-order valence-corrected chi connectivity index (χ1v) is 10.6. The summed E-state index contributed by atoms with van der Waals surface area (Å²) >= 11 is 1.10. The van der Waals surface area contributed by atoms with E-state index in [-0.39, 0.29) is 5.13 Å². The van der Waals surface area contributed by atoms with Crippen molar-refractivity contribution in [2.24, 2.45) is 0 Å². The van der Waals surface area contributed by atoms with Gasteiger partial charge in [-0.1, -0.05) is 6.08 Å². The Kier molecular flexibility index (Phi) is 4.00. The van der Waals surface area contributed by atoms with Crippen molar-refractivity contribution in [1.82, 2.24) is 30.5 Å². The Hall–Kier alpha value is -3.36. The molecule has 5 aromatic heterocycles. The van der Waals surface area contributed by atoms with Crippen molar-refractivity contribution in [2.45, 2.75) is 6.42 Å². The van der Waals surface area contributed by atoms with Crippen molar-refractivity contribution < 1.29 is 4.39 Å². The van der Waals surface area contributed by atoms with Gasteiger partial charge in [-0.3, -0.25) is 10.1 Å². The lowest BCUT2D eigenvalue weighted by atomic mass is 10.0. The second-order valence-electron chi connectivity index (χ2n) is 7.28. The van der Waals surface area contributed by atoms with Crippen LogP contribution in [-0.4, -0.2) is 38.2 Å². The van der Waals surface area contributed by atoms with Gasteiger partial charge in [0.05, 0.1) is 16.3 Å². The van der Waals surface area contributed by atoms with E-state index in [4.69, 9.17) is 0 Å². The van der Waals surface area contributed by atoms with E-state index in [1.807, 2.05) is 18.3 Å². The van der Waals surface area contributed by atoms with Crippen molar-refractivity contribution in [3.63, 3.8) is 0 Å². The number of hydrogen-bond acceptors (Lipinski definition) is 5. The minimum atomic E-state index is -0.219. The van der Waals surface area contributed by atoms with E-state index < -0.39 is 0 Å². The third kappa shape index (κ3) is 2.84. The van der Waals surface area contributed by atoms with Gasteiger partial charge >= 0.3 is 0 Å². The topological polar surface area (TPSA) is 82.3 Å². The normalized spacial score (nSPS) is 14.5. The van der Waals surface area contributed by atoms with Gasteiger partial charge < -0.3 is 10.3 Å². The number of thiophene rings is 1. The predicted octanol–water partition coefficient (Wildman–Crippen LogP) is 4.75. The predicted molar refractivity (Wildman–Crippen MR) is 118 cm³/mol. The maximum atomic E-state index is 13.6. The molecule has 6 nitrogen and oxygen atoms in total. The average molecular weight is 416 g/mol. The van der Waals surface area contributed by atoms with Gasteiger partial charge in [-0.25, -0.2) is 4.98 Å². The third-order valence-corrected chi connectivity index (χ3v) is 6.34. The maximum absolute atomic E-state index is 13.6. The Morgan fingerprint density at radius 2 is 2.00 bits per heavy atom. The largest absolute Gasteiger partial charge is 0.353 e. The van der Waals surface area contributed by atoms with Crippen molar-refractivity contribution in [3.05, 3.63) is 59.5 Å². The highest BCUT2D eigenvalue weighted by molar-refractivity contribution is 7.13. The van der Waals surface area contributed by atoms with Gasteiger partial charge in [-0.2, -0.15) is 9.49 Å². The maximum Gasteiger partial charge on any atom is 0.177 e. The molecule has 6 rings (SSSR count). The summed E-state index contributed by atoms with van der Waals surface area (Å²) in [5.74, 6) is 0. The quantitative estimate of drug-likeness (QED) is 0.397. The van der Waals surface area contributed by atoms with Crippen LogP contribution in [0.4, 0.5) is 4.39 Å². The molecule has 8 heteroatoms. The molecule has 1 aliphatic heterocycles. The number of pyridine rings is 2. The van der Waals surface area contributed by atoms with Crippen LogP contribution in [0.25, 0.3) is 49.5 Å². The molecule has 0 saturated heterocycles. The van der Waals surface area contributed by atoms with Gasteiger partial charge in [-0.15, -0.1) is 11.3 Å². The van der Waals surface area contributed by atoms with Crippen LogP contribution in [0.1, 0.15) is 12.0 Å². The highest BCUT2D eigenvalue weighted by atomic mass is 32.1. The summed E-state index contributed by atoms with van der Waals surface area (Å²) in [6.07, 6.45) is 6.84. The number of rotatable bonds is 3. The zero-order chi connectivity index (χ0) is 20.1. The molecule has 0 aliphatic carbocycles.